The van der Waals surface area contributed by atoms with E-state index in [1.54, 1.807) is 35.9 Å². The minimum Gasteiger partial charge on any atom is -0.334 e. The molecule has 0 saturated carbocycles. The van der Waals surface area contributed by atoms with Crippen molar-refractivity contribution < 1.29 is 9.59 Å². The number of carbonyl (C=O) groups excluding carboxylic acids is 2. The van der Waals surface area contributed by atoms with Crippen molar-refractivity contribution >= 4 is 11.8 Å². The third-order valence-corrected chi connectivity index (χ3v) is 4.21. The van der Waals surface area contributed by atoms with Crippen LogP contribution in [0.15, 0.2) is 42.7 Å². The van der Waals surface area contributed by atoms with Crippen LogP contribution < -0.4 is 0 Å². The number of hydrogen-bond donors (Lipinski definition) is 0. The first kappa shape index (κ1) is 15.3. The molecule has 1 aliphatic rings. The van der Waals surface area contributed by atoms with Crippen LogP contribution in [0.3, 0.4) is 0 Å². The van der Waals surface area contributed by atoms with Gasteiger partial charge in [0.05, 0.1) is 17.8 Å². The zero-order valence-corrected chi connectivity index (χ0v) is 13.3. The van der Waals surface area contributed by atoms with Crippen LogP contribution in [-0.4, -0.2) is 51.0 Å². The van der Waals surface area contributed by atoms with Gasteiger partial charge in [-0.1, -0.05) is 30.3 Å². The summed E-state index contributed by atoms with van der Waals surface area (Å²) in [5.41, 5.74) is 1.63. The summed E-state index contributed by atoms with van der Waals surface area (Å²) in [5, 5.41) is 4.06. The fourth-order valence-corrected chi connectivity index (χ4v) is 3.02. The van der Waals surface area contributed by atoms with Crippen molar-refractivity contribution in [1.29, 1.82) is 0 Å². The van der Waals surface area contributed by atoms with Crippen molar-refractivity contribution in [3.63, 3.8) is 0 Å². The minimum absolute atomic E-state index is 0.0346. The van der Waals surface area contributed by atoms with Gasteiger partial charge >= 0.3 is 0 Å². The van der Waals surface area contributed by atoms with Crippen LogP contribution in [0.5, 0.6) is 0 Å². The Morgan fingerprint density at radius 2 is 1.91 bits per heavy atom. The van der Waals surface area contributed by atoms with Gasteiger partial charge in [-0.05, 0) is 5.56 Å². The Bertz CT molecular complexity index is 710. The zero-order valence-electron chi connectivity index (χ0n) is 13.3. The van der Waals surface area contributed by atoms with E-state index in [2.05, 4.69) is 5.10 Å². The molecule has 0 unspecified atom stereocenters. The molecule has 0 bridgehead atoms. The molecule has 0 N–H and O–H groups in total. The molecule has 1 fully saturated rings. The van der Waals surface area contributed by atoms with E-state index in [0.29, 0.717) is 25.2 Å². The maximum Gasteiger partial charge on any atom is 0.257 e. The second kappa shape index (κ2) is 6.24. The molecule has 1 atom stereocenters. The second-order valence-corrected chi connectivity index (χ2v) is 5.79. The van der Waals surface area contributed by atoms with Gasteiger partial charge < -0.3 is 9.80 Å². The molecule has 1 aromatic heterocycles. The molecule has 1 aromatic carbocycles. The van der Waals surface area contributed by atoms with E-state index in [1.807, 2.05) is 35.2 Å². The van der Waals surface area contributed by atoms with Crippen molar-refractivity contribution in [2.24, 2.45) is 7.05 Å². The lowest BCUT2D eigenvalue weighted by Crippen LogP contribution is -2.51. The van der Waals surface area contributed by atoms with Gasteiger partial charge in [0.1, 0.15) is 0 Å². The second-order valence-electron chi connectivity index (χ2n) is 5.79. The lowest BCUT2D eigenvalue weighted by atomic mass is 10.0. The molecule has 6 nitrogen and oxygen atoms in total. The summed E-state index contributed by atoms with van der Waals surface area (Å²) in [4.78, 5) is 28.2. The predicted molar refractivity (Wildman–Crippen MR) is 85.7 cm³/mol. The normalized spacial score (nSPS) is 18.1. The molecule has 2 amide bonds. The molecular weight excluding hydrogens is 292 g/mol. The largest absolute Gasteiger partial charge is 0.334 e. The summed E-state index contributed by atoms with van der Waals surface area (Å²) in [6.45, 7) is 3.16. The molecule has 1 aliphatic heterocycles. The van der Waals surface area contributed by atoms with Crippen molar-refractivity contribution in [1.82, 2.24) is 19.6 Å². The number of hydrogen-bond acceptors (Lipinski definition) is 3. The molecular formula is C17H20N4O2. The Morgan fingerprint density at radius 3 is 2.52 bits per heavy atom. The summed E-state index contributed by atoms with van der Waals surface area (Å²) in [6.07, 6.45) is 3.30. The van der Waals surface area contributed by atoms with Crippen LogP contribution >= 0.6 is 0 Å². The topological polar surface area (TPSA) is 58.4 Å². The van der Waals surface area contributed by atoms with Gasteiger partial charge in [0.2, 0.25) is 5.91 Å². The van der Waals surface area contributed by atoms with Crippen LogP contribution in [0.4, 0.5) is 0 Å². The van der Waals surface area contributed by atoms with Gasteiger partial charge in [0, 0.05) is 39.8 Å². The van der Waals surface area contributed by atoms with E-state index in [4.69, 9.17) is 0 Å². The molecule has 23 heavy (non-hydrogen) atoms. The number of carbonyl (C=O) groups is 2. The third-order valence-electron chi connectivity index (χ3n) is 4.21. The van der Waals surface area contributed by atoms with Crippen molar-refractivity contribution in [2.45, 2.75) is 13.0 Å². The van der Waals surface area contributed by atoms with Gasteiger partial charge in [0.15, 0.2) is 0 Å². The van der Waals surface area contributed by atoms with Gasteiger partial charge in [-0.25, -0.2) is 0 Å². The third kappa shape index (κ3) is 3.11. The summed E-state index contributed by atoms with van der Waals surface area (Å²) in [7, 11) is 1.79. The first-order valence-electron chi connectivity index (χ1n) is 7.66. The van der Waals surface area contributed by atoms with Crippen molar-refractivity contribution in [3.8, 4) is 0 Å². The molecule has 1 saturated heterocycles. The number of benzene rings is 1. The highest BCUT2D eigenvalue weighted by molar-refractivity contribution is 5.94. The zero-order chi connectivity index (χ0) is 16.4. The smallest absolute Gasteiger partial charge is 0.257 e. The number of aromatic nitrogens is 2. The van der Waals surface area contributed by atoms with Gasteiger partial charge in [-0.15, -0.1) is 0 Å². The van der Waals surface area contributed by atoms with Crippen LogP contribution in [-0.2, 0) is 11.8 Å². The van der Waals surface area contributed by atoms with Crippen LogP contribution in [0.25, 0.3) is 0 Å². The fraction of sp³-hybridized carbons (Fsp3) is 0.353. The SMILES string of the molecule is CC(=O)N1CCN(C(=O)c2cnn(C)c2)C[C@H]1c1ccccc1. The van der Waals surface area contributed by atoms with E-state index >= 15 is 0 Å². The highest BCUT2D eigenvalue weighted by Crippen LogP contribution is 2.26. The highest BCUT2D eigenvalue weighted by atomic mass is 16.2. The van der Waals surface area contributed by atoms with E-state index in [0.717, 1.165) is 5.56 Å². The molecule has 2 heterocycles. The molecule has 2 aromatic rings. The van der Waals surface area contributed by atoms with Gasteiger partial charge in [0.25, 0.3) is 5.91 Å². The molecule has 0 aliphatic carbocycles. The van der Waals surface area contributed by atoms with Crippen LogP contribution in [0.1, 0.15) is 28.9 Å². The summed E-state index contributed by atoms with van der Waals surface area (Å²) in [5.74, 6) is -0.00503. The maximum absolute atomic E-state index is 12.6. The van der Waals surface area contributed by atoms with Crippen molar-refractivity contribution in [2.75, 3.05) is 19.6 Å². The van der Waals surface area contributed by atoms with E-state index in [1.165, 1.54) is 0 Å². The Hall–Kier alpha value is -2.63. The Balaban J connectivity index is 1.84. The maximum atomic E-state index is 12.6. The number of amides is 2. The molecule has 0 radical (unpaired) electrons. The average Bonchev–Trinajstić information content (AvgIpc) is 3.01. The molecule has 0 spiro atoms. The highest BCUT2D eigenvalue weighted by Gasteiger charge is 2.32. The first-order chi connectivity index (χ1) is 11.1. The summed E-state index contributed by atoms with van der Waals surface area (Å²) in [6, 6.07) is 9.74. The Kier molecular flexibility index (Phi) is 4.14. The van der Waals surface area contributed by atoms with E-state index < -0.39 is 0 Å². The number of aryl methyl sites for hydroxylation is 1. The van der Waals surface area contributed by atoms with E-state index in [-0.39, 0.29) is 17.9 Å². The Labute approximate surface area is 135 Å². The van der Waals surface area contributed by atoms with Crippen molar-refractivity contribution in [3.05, 3.63) is 53.9 Å². The van der Waals surface area contributed by atoms with Crippen LogP contribution in [0.2, 0.25) is 0 Å². The standard InChI is InChI=1S/C17H20N4O2/c1-13(22)21-9-8-20(17(23)15-10-18-19(2)11-15)12-16(21)14-6-4-3-5-7-14/h3-7,10-11,16H,8-9,12H2,1-2H3/t16-/m0/s1. The predicted octanol–water partition coefficient (Wildman–Crippen LogP) is 1.47. The summed E-state index contributed by atoms with van der Waals surface area (Å²) < 4.78 is 1.62. The monoisotopic (exact) mass is 312 g/mol. The van der Waals surface area contributed by atoms with Crippen LogP contribution in [0, 0.1) is 0 Å². The van der Waals surface area contributed by atoms with Gasteiger partial charge in [-0.2, -0.15) is 5.10 Å². The Morgan fingerprint density at radius 1 is 1.17 bits per heavy atom. The minimum atomic E-state index is -0.108. The molecule has 6 heteroatoms. The fourth-order valence-electron chi connectivity index (χ4n) is 3.02. The number of nitrogens with zero attached hydrogens (tertiary/aromatic N) is 4. The lowest BCUT2D eigenvalue weighted by Gasteiger charge is -2.41. The number of rotatable bonds is 2. The van der Waals surface area contributed by atoms with Gasteiger partial charge in [-0.3, -0.25) is 14.3 Å². The average molecular weight is 312 g/mol. The number of piperazine rings is 1. The van der Waals surface area contributed by atoms with E-state index in [9.17, 15) is 9.59 Å². The lowest BCUT2D eigenvalue weighted by molar-refractivity contribution is -0.133. The summed E-state index contributed by atoms with van der Waals surface area (Å²) >= 11 is 0. The first-order valence-corrected chi connectivity index (χ1v) is 7.66. The molecule has 3 rings (SSSR count). The quantitative estimate of drug-likeness (QED) is 0.843. The molecule has 120 valence electrons.